The van der Waals surface area contributed by atoms with Crippen molar-refractivity contribution in [2.24, 2.45) is 4.99 Å². The molecule has 0 saturated carbocycles. The first-order chi connectivity index (χ1) is 13.6. The van der Waals surface area contributed by atoms with E-state index in [1.54, 1.807) is 19.1 Å². The highest BCUT2D eigenvalue weighted by Crippen LogP contribution is 2.36. The molecule has 0 atom stereocenters. The van der Waals surface area contributed by atoms with Gasteiger partial charge in [0, 0.05) is 17.3 Å². The fraction of sp³-hybridized carbons (Fsp3) is 0.300. The number of ether oxygens (including phenoxy) is 1. The molecule has 0 saturated heterocycles. The second-order valence-corrected chi connectivity index (χ2v) is 5.78. The zero-order chi connectivity index (χ0) is 20.7. The predicted octanol–water partition coefficient (Wildman–Crippen LogP) is 1.35. The summed E-state index contributed by atoms with van der Waals surface area (Å²) in [5.74, 6) is -0.581. The number of aromatic nitrogens is 1. The zero-order valence-corrected chi connectivity index (χ0v) is 15.6. The van der Waals surface area contributed by atoms with Gasteiger partial charge in [-0.2, -0.15) is 0 Å². The van der Waals surface area contributed by atoms with Crippen molar-refractivity contribution in [1.82, 2.24) is 4.98 Å². The Balaban J connectivity index is 2.85. The first kappa shape index (κ1) is 21.5. The van der Waals surface area contributed by atoms with E-state index in [0.29, 0.717) is 39.1 Å². The third-order valence-corrected chi connectivity index (χ3v) is 4.34. The van der Waals surface area contributed by atoms with Gasteiger partial charge in [-0.15, -0.1) is 0 Å². The summed E-state index contributed by atoms with van der Waals surface area (Å²) >= 11 is 0. The fourth-order valence-electron chi connectivity index (χ4n) is 3.12. The van der Waals surface area contributed by atoms with Crippen LogP contribution < -0.4 is 0 Å². The van der Waals surface area contributed by atoms with Crippen LogP contribution in [0.5, 0.6) is 0 Å². The van der Waals surface area contributed by atoms with Crippen molar-refractivity contribution in [2.75, 3.05) is 13.3 Å². The Hall–Kier alpha value is -2.78. The molecule has 1 heterocycles. The summed E-state index contributed by atoms with van der Waals surface area (Å²) in [6.45, 7) is 4.13. The SMILES string of the molecule is C=Cc1c(C(=O)OCC)[nH]c(C=NCO)c1-c1ccc(CO)c(CO)c1CO. The molecule has 150 valence electrons. The molecule has 1 aromatic heterocycles. The number of benzene rings is 1. The average molecular weight is 388 g/mol. The van der Waals surface area contributed by atoms with Gasteiger partial charge in [-0.25, -0.2) is 4.79 Å². The number of carbonyl (C=O) groups excluding carboxylic acids is 1. The van der Waals surface area contributed by atoms with Gasteiger partial charge < -0.3 is 30.1 Å². The van der Waals surface area contributed by atoms with E-state index in [-0.39, 0.29) is 25.5 Å². The molecule has 2 aromatic rings. The van der Waals surface area contributed by atoms with Gasteiger partial charge >= 0.3 is 5.97 Å². The van der Waals surface area contributed by atoms with Gasteiger partial charge in [0.05, 0.1) is 32.1 Å². The highest BCUT2D eigenvalue weighted by Gasteiger charge is 2.24. The first-order valence-electron chi connectivity index (χ1n) is 8.70. The molecular weight excluding hydrogens is 364 g/mol. The molecule has 1 aromatic carbocycles. The Morgan fingerprint density at radius 3 is 2.43 bits per heavy atom. The number of nitrogens with one attached hydrogen (secondary N) is 1. The average Bonchev–Trinajstić information content (AvgIpc) is 3.09. The maximum Gasteiger partial charge on any atom is 0.355 e. The van der Waals surface area contributed by atoms with Crippen molar-refractivity contribution in [2.45, 2.75) is 26.7 Å². The van der Waals surface area contributed by atoms with Crippen molar-refractivity contribution in [3.63, 3.8) is 0 Å². The molecule has 0 radical (unpaired) electrons. The van der Waals surface area contributed by atoms with Crippen molar-refractivity contribution in [3.8, 4) is 11.1 Å². The van der Waals surface area contributed by atoms with Crippen molar-refractivity contribution >= 4 is 18.3 Å². The quantitative estimate of drug-likeness (QED) is 0.325. The molecule has 0 amide bonds. The molecule has 2 rings (SSSR count). The monoisotopic (exact) mass is 388 g/mol. The minimum absolute atomic E-state index is 0.159. The summed E-state index contributed by atoms with van der Waals surface area (Å²) < 4.78 is 5.08. The number of esters is 1. The third-order valence-electron chi connectivity index (χ3n) is 4.34. The smallest absolute Gasteiger partial charge is 0.355 e. The Morgan fingerprint density at radius 1 is 1.18 bits per heavy atom. The maximum atomic E-state index is 12.4. The summed E-state index contributed by atoms with van der Waals surface area (Å²) in [6, 6.07) is 3.31. The van der Waals surface area contributed by atoms with E-state index in [0.717, 1.165) is 0 Å². The predicted molar refractivity (Wildman–Crippen MR) is 105 cm³/mol. The highest BCUT2D eigenvalue weighted by molar-refractivity contribution is 6.02. The molecule has 8 heteroatoms. The summed E-state index contributed by atoms with van der Waals surface area (Å²) in [5.41, 5.74) is 3.35. The number of aromatic amines is 1. The van der Waals surface area contributed by atoms with Crippen LogP contribution in [0, 0.1) is 0 Å². The van der Waals surface area contributed by atoms with Crippen LogP contribution in [0.2, 0.25) is 0 Å². The lowest BCUT2D eigenvalue weighted by Crippen LogP contribution is -2.07. The third kappa shape index (κ3) is 4.05. The normalized spacial score (nSPS) is 11.2. The van der Waals surface area contributed by atoms with E-state index in [2.05, 4.69) is 16.6 Å². The number of aliphatic imine (C=N–C) groups is 1. The van der Waals surface area contributed by atoms with E-state index in [9.17, 15) is 20.1 Å². The summed E-state index contributed by atoms with van der Waals surface area (Å²) in [7, 11) is 0. The lowest BCUT2D eigenvalue weighted by molar-refractivity contribution is 0.0520. The number of aliphatic hydroxyl groups is 4. The van der Waals surface area contributed by atoms with Crippen LogP contribution in [-0.4, -0.2) is 50.9 Å². The molecule has 0 spiro atoms. The standard InChI is InChI=1S/C20H24N2O6/c1-3-13-18(14-6-5-12(8-23)15(9-24)16(14)10-25)17(7-21-11-26)22-19(13)20(27)28-4-2/h3,5-7,22-26H,1,4,8-11H2,2H3. The van der Waals surface area contributed by atoms with E-state index in [4.69, 9.17) is 9.84 Å². The molecule has 0 fully saturated rings. The summed E-state index contributed by atoms with van der Waals surface area (Å²) in [6.07, 6.45) is 2.85. The van der Waals surface area contributed by atoms with Crippen LogP contribution >= 0.6 is 0 Å². The number of aliphatic hydroxyl groups excluding tert-OH is 4. The number of nitrogens with zero attached hydrogens (tertiary/aromatic N) is 1. The number of H-pyrrole nitrogens is 1. The first-order valence-corrected chi connectivity index (χ1v) is 8.70. The Bertz CT molecular complexity index is 885. The van der Waals surface area contributed by atoms with Crippen LogP contribution in [0.15, 0.2) is 23.7 Å². The summed E-state index contributed by atoms with van der Waals surface area (Å²) in [4.78, 5) is 19.1. The molecule has 0 aliphatic rings. The van der Waals surface area contributed by atoms with Crippen molar-refractivity contribution in [3.05, 3.63) is 52.4 Å². The van der Waals surface area contributed by atoms with Gasteiger partial charge in [-0.05, 0) is 29.2 Å². The Morgan fingerprint density at radius 2 is 1.89 bits per heavy atom. The molecule has 0 bridgehead atoms. The maximum absolute atomic E-state index is 12.4. The number of rotatable bonds is 9. The highest BCUT2D eigenvalue weighted by atomic mass is 16.5. The second kappa shape index (κ2) is 9.95. The van der Waals surface area contributed by atoms with Gasteiger partial charge in [0.25, 0.3) is 0 Å². The van der Waals surface area contributed by atoms with Crippen LogP contribution in [0.1, 0.15) is 45.4 Å². The molecule has 28 heavy (non-hydrogen) atoms. The van der Waals surface area contributed by atoms with Gasteiger partial charge in [-0.3, -0.25) is 4.99 Å². The number of hydrogen-bond acceptors (Lipinski definition) is 7. The Kier molecular flexibility index (Phi) is 7.65. The van der Waals surface area contributed by atoms with E-state index in [1.807, 2.05) is 0 Å². The van der Waals surface area contributed by atoms with Crippen molar-refractivity contribution in [1.29, 1.82) is 0 Å². The lowest BCUT2D eigenvalue weighted by Gasteiger charge is -2.16. The van der Waals surface area contributed by atoms with Crippen LogP contribution in [0.3, 0.4) is 0 Å². The van der Waals surface area contributed by atoms with E-state index < -0.39 is 19.3 Å². The van der Waals surface area contributed by atoms with Gasteiger partial charge in [0.1, 0.15) is 12.4 Å². The van der Waals surface area contributed by atoms with E-state index >= 15 is 0 Å². The van der Waals surface area contributed by atoms with Gasteiger partial charge in [-0.1, -0.05) is 24.8 Å². The molecule has 0 aliphatic heterocycles. The largest absolute Gasteiger partial charge is 0.461 e. The van der Waals surface area contributed by atoms with Gasteiger partial charge in [0.2, 0.25) is 0 Å². The van der Waals surface area contributed by atoms with E-state index in [1.165, 1.54) is 12.3 Å². The van der Waals surface area contributed by atoms with Crippen LogP contribution in [0.4, 0.5) is 0 Å². The number of carbonyl (C=O) groups is 1. The number of hydrogen-bond donors (Lipinski definition) is 5. The minimum atomic E-state index is -0.581. The fourth-order valence-corrected chi connectivity index (χ4v) is 3.12. The van der Waals surface area contributed by atoms with Crippen LogP contribution in [0.25, 0.3) is 17.2 Å². The lowest BCUT2D eigenvalue weighted by atomic mass is 9.90. The zero-order valence-electron chi connectivity index (χ0n) is 15.6. The second-order valence-electron chi connectivity index (χ2n) is 5.78. The molecule has 5 N–H and O–H groups in total. The van der Waals surface area contributed by atoms with Crippen LogP contribution in [-0.2, 0) is 24.6 Å². The molecular formula is C20H24N2O6. The summed E-state index contributed by atoms with van der Waals surface area (Å²) in [5, 5.41) is 38.3. The minimum Gasteiger partial charge on any atom is -0.461 e. The molecule has 8 nitrogen and oxygen atoms in total. The van der Waals surface area contributed by atoms with Crippen molar-refractivity contribution < 1.29 is 30.0 Å². The topological polar surface area (TPSA) is 135 Å². The van der Waals surface area contributed by atoms with Gasteiger partial charge in [0.15, 0.2) is 0 Å². The molecule has 0 unspecified atom stereocenters. The molecule has 0 aliphatic carbocycles. The Labute approximate surface area is 162 Å².